The van der Waals surface area contributed by atoms with E-state index in [1.165, 1.54) is 7.11 Å². The monoisotopic (exact) mass is 340 g/mol. The van der Waals surface area contributed by atoms with Gasteiger partial charge in [0.15, 0.2) is 0 Å². The number of carbonyl (C=O) groups is 2. The largest absolute Gasteiger partial charge is 0.453 e. The summed E-state index contributed by atoms with van der Waals surface area (Å²) < 4.78 is 5.53. The van der Waals surface area contributed by atoms with Crippen molar-refractivity contribution in [2.24, 2.45) is 0 Å². The zero-order valence-corrected chi connectivity index (χ0v) is 12.9. The quantitative estimate of drug-likeness (QED) is 0.899. The summed E-state index contributed by atoms with van der Waals surface area (Å²) >= 11 is 3.35. The van der Waals surface area contributed by atoms with Gasteiger partial charge in [-0.15, -0.1) is 0 Å². The molecule has 0 aliphatic carbocycles. The summed E-state index contributed by atoms with van der Waals surface area (Å²) in [6, 6.07) is 7.42. The Hall–Kier alpha value is -1.56. The molecule has 0 saturated carbocycles. The van der Waals surface area contributed by atoms with Crippen LogP contribution in [0.1, 0.15) is 23.2 Å². The number of benzene rings is 1. The second-order valence-corrected chi connectivity index (χ2v) is 5.62. The van der Waals surface area contributed by atoms with Gasteiger partial charge in [0.25, 0.3) is 5.91 Å². The number of nitrogens with one attached hydrogen (secondary N) is 1. The van der Waals surface area contributed by atoms with E-state index in [0.29, 0.717) is 18.7 Å². The second-order valence-electron chi connectivity index (χ2n) is 4.71. The number of hydrogen-bond donors (Lipinski definition) is 1. The van der Waals surface area contributed by atoms with Crippen molar-refractivity contribution in [1.82, 2.24) is 10.2 Å². The van der Waals surface area contributed by atoms with E-state index in [-0.39, 0.29) is 11.9 Å². The molecular weight excluding hydrogens is 324 g/mol. The number of alkyl carbamates (subject to hydrolysis) is 1. The normalized spacial score (nSPS) is 15.8. The van der Waals surface area contributed by atoms with Crippen LogP contribution >= 0.6 is 15.9 Å². The first-order valence-corrected chi connectivity index (χ1v) is 7.29. The molecule has 1 fully saturated rings. The van der Waals surface area contributed by atoms with Gasteiger partial charge in [-0.05, 0) is 37.1 Å². The lowest BCUT2D eigenvalue weighted by Crippen LogP contribution is -2.46. The van der Waals surface area contributed by atoms with Gasteiger partial charge < -0.3 is 15.0 Å². The van der Waals surface area contributed by atoms with E-state index in [0.717, 1.165) is 17.3 Å². The average molecular weight is 341 g/mol. The SMILES string of the molecule is COC(=O)NC1CCN(C(=O)c2ccc(Br)cc2)CC1. The highest BCUT2D eigenvalue weighted by Gasteiger charge is 2.24. The van der Waals surface area contributed by atoms with Crippen molar-refractivity contribution >= 4 is 27.9 Å². The van der Waals surface area contributed by atoms with Crippen LogP contribution in [0.25, 0.3) is 0 Å². The van der Waals surface area contributed by atoms with Crippen LogP contribution in [0.5, 0.6) is 0 Å². The fourth-order valence-electron chi connectivity index (χ4n) is 2.23. The average Bonchev–Trinajstić information content (AvgIpc) is 2.48. The van der Waals surface area contributed by atoms with Crippen molar-refractivity contribution in [1.29, 1.82) is 0 Å². The third kappa shape index (κ3) is 3.72. The highest BCUT2D eigenvalue weighted by molar-refractivity contribution is 9.10. The third-order valence-corrected chi connectivity index (χ3v) is 3.91. The minimum Gasteiger partial charge on any atom is -0.453 e. The minimum absolute atomic E-state index is 0.0361. The van der Waals surface area contributed by atoms with Crippen LogP contribution in [0.2, 0.25) is 0 Å². The summed E-state index contributed by atoms with van der Waals surface area (Å²) in [6.45, 7) is 1.28. The van der Waals surface area contributed by atoms with E-state index in [1.54, 1.807) is 0 Å². The molecule has 0 aromatic heterocycles. The minimum atomic E-state index is -0.414. The molecule has 1 aromatic rings. The smallest absolute Gasteiger partial charge is 0.407 e. The van der Waals surface area contributed by atoms with Crippen molar-refractivity contribution in [2.45, 2.75) is 18.9 Å². The van der Waals surface area contributed by atoms with Crippen LogP contribution in [0, 0.1) is 0 Å². The molecule has 1 aliphatic heterocycles. The molecule has 108 valence electrons. The molecule has 0 bridgehead atoms. The number of carbonyl (C=O) groups excluding carboxylic acids is 2. The van der Waals surface area contributed by atoms with Gasteiger partial charge >= 0.3 is 6.09 Å². The van der Waals surface area contributed by atoms with Crippen LogP contribution in [0.4, 0.5) is 4.79 Å². The number of nitrogens with zero attached hydrogens (tertiary/aromatic N) is 1. The Labute approximate surface area is 126 Å². The fraction of sp³-hybridized carbons (Fsp3) is 0.429. The van der Waals surface area contributed by atoms with E-state index >= 15 is 0 Å². The standard InChI is InChI=1S/C14H17BrN2O3/c1-20-14(19)16-12-6-8-17(9-7-12)13(18)10-2-4-11(15)5-3-10/h2-5,12H,6-9H2,1H3,(H,16,19). The number of likely N-dealkylation sites (tertiary alicyclic amines) is 1. The van der Waals surface area contributed by atoms with Gasteiger partial charge in [-0.25, -0.2) is 4.79 Å². The number of ether oxygens (including phenoxy) is 1. The van der Waals surface area contributed by atoms with Crippen LogP contribution in [-0.2, 0) is 4.74 Å². The summed E-state index contributed by atoms with van der Waals surface area (Å²) in [4.78, 5) is 25.2. The molecule has 6 heteroatoms. The maximum Gasteiger partial charge on any atom is 0.407 e. The molecule has 0 spiro atoms. The zero-order valence-electron chi connectivity index (χ0n) is 11.3. The van der Waals surface area contributed by atoms with Crippen LogP contribution in [-0.4, -0.2) is 43.1 Å². The van der Waals surface area contributed by atoms with E-state index in [2.05, 4.69) is 26.0 Å². The Morgan fingerprint density at radius 3 is 2.40 bits per heavy atom. The molecule has 1 aliphatic rings. The molecule has 20 heavy (non-hydrogen) atoms. The molecule has 0 radical (unpaired) electrons. The zero-order chi connectivity index (χ0) is 14.5. The summed E-state index contributed by atoms with van der Waals surface area (Å²) in [5.74, 6) is 0.0361. The van der Waals surface area contributed by atoms with Crippen molar-refractivity contribution < 1.29 is 14.3 Å². The maximum absolute atomic E-state index is 12.3. The van der Waals surface area contributed by atoms with Gasteiger partial charge in [0.1, 0.15) is 0 Å². The Morgan fingerprint density at radius 1 is 1.25 bits per heavy atom. The van der Waals surface area contributed by atoms with Crippen molar-refractivity contribution in [3.63, 3.8) is 0 Å². The first-order chi connectivity index (χ1) is 9.60. The number of amides is 2. The van der Waals surface area contributed by atoms with Crippen molar-refractivity contribution in [2.75, 3.05) is 20.2 Å². The molecule has 2 rings (SSSR count). The number of hydrogen-bond acceptors (Lipinski definition) is 3. The molecule has 2 amide bonds. The van der Waals surface area contributed by atoms with E-state index in [9.17, 15) is 9.59 Å². The predicted octanol–water partition coefficient (Wildman–Crippen LogP) is 2.41. The lowest BCUT2D eigenvalue weighted by atomic mass is 10.0. The topological polar surface area (TPSA) is 58.6 Å². The maximum atomic E-state index is 12.3. The molecule has 0 unspecified atom stereocenters. The molecular formula is C14H17BrN2O3. The summed E-state index contributed by atoms with van der Waals surface area (Å²) in [7, 11) is 1.35. The third-order valence-electron chi connectivity index (χ3n) is 3.38. The van der Waals surface area contributed by atoms with Crippen LogP contribution < -0.4 is 5.32 Å². The van der Waals surface area contributed by atoms with Gasteiger partial charge in [-0.2, -0.15) is 0 Å². The summed E-state index contributed by atoms with van der Waals surface area (Å²) in [6.07, 6.45) is 1.08. The number of rotatable bonds is 2. The Bertz CT molecular complexity index is 482. The van der Waals surface area contributed by atoms with Gasteiger partial charge in [0.05, 0.1) is 7.11 Å². The number of halogens is 1. The predicted molar refractivity (Wildman–Crippen MR) is 78.6 cm³/mol. The van der Waals surface area contributed by atoms with Crippen LogP contribution in [0.3, 0.4) is 0 Å². The highest BCUT2D eigenvalue weighted by Crippen LogP contribution is 2.16. The molecule has 1 saturated heterocycles. The highest BCUT2D eigenvalue weighted by atomic mass is 79.9. The second kappa shape index (κ2) is 6.74. The number of methoxy groups -OCH3 is 1. The Morgan fingerprint density at radius 2 is 1.85 bits per heavy atom. The molecule has 5 nitrogen and oxygen atoms in total. The molecule has 1 heterocycles. The first kappa shape index (κ1) is 14.8. The first-order valence-electron chi connectivity index (χ1n) is 6.49. The van der Waals surface area contributed by atoms with E-state index in [4.69, 9.17) is 0 Å². The lowest BCUT2D eigenvalue weighted by molar-refractivity contribution is 0.0704. The number of piperidine rings is 1. The Kier molecular flexibility index (Phi) is 5.00. The van der Waals surface area contributed by atoms with E-state index in [1.807, 2.05) is 29.2 Å². The van der Waals surface area contributed by atoms with Gasteiger partial charge in [-0.1, -0.05) is 15.9 Å². The van der Waals surface area contributed by atoms with Crippen molar-refractivity contribution in [3.05, 3.63) is 34.3 Å². The lowest BCUT2D eigenvalue weighted by Gasteiger charge is -2.32. The molecule has 1 aromatic carbocycles. The summed E-state index contributed by atoms with van der Waals surface area (Å²) in [5.41, 5.74) is 0.688. The molecule has 1 N–H and O–H groups in total. The molecule has 0 atom stereocenters. The van der Waals surface area contributed by atoms with Crippen molar-refractivity contribution in [3.8, 4) is 0 Å². The van der Waals surface area contributed by atoms with Crippen LogP contribution in [0.15, 0.2) is 28.7 Å². The van der Waals surface area contributed by atoms with Gasteiger partial charge in [-0.3, -0.25) is 4.79 Å². The van der Waals surface area contributed by atoms with Gasteiger partial charge in [0.2, 0.25) is 0 Å². The summed E-state index contributed by atoms with van der Waals surface area (Å²) in [5, 5.41) is 2.77. The Balaban J connectivity index is 1.88. The van der Waals surface area contributed by atoms with Gasteiger partial charge in [0, 0.05) is 29.2 Å². The van der Waals surface area contributed by atoms with E-state index < -0.39 is 6.09 Å². The fourth-order valence-corrected chi connectivity index (χ4v) is 2.49.